The van der Waals surface area contributed by atoms with E-state index in [0.717, 1.165) is 5.56 Å². The fourth-order valence-corrected chi connectivity index (χ4v) is 1.44. The first-order chi connectivity index (χ1) is 5.71. The van der Waals surface area contributed by atoms with Gasteiger partial charge in [0.05, 0.1) is 13.2 Å². The van der Waals surface area contributed by atoms with Gasteiger partial charge in [-0.3, -0.25) is 0 Å². The molecule has 0 N–H and O–H groups in total. The molecule has 1 aliphatic rings. The third-order valence-electron chi connectivity index (χ3n) is 2.36. The maximum Gasteiger partial charge on any atom is 0.123 e. The van der Waals surface area contributed by atoms with Crippen LogP contribution in [0, 0.1) is 5.82 Å². The van der Waals surface area contributed by atoms with Crippen molar-refractivity contribution >= 4 is 0 Å². The predicted molar refractivity (Wildman–Crippen MR) is 44.6 cm³/mol. The zero-order valence-electron chi connectivity index (χ0n) is 7.01. The molecule has 1 aliphatic heterocycles. The van der Waals surface area contributed by atoms with E-state index in [1.165, 1.54) is 6.07 Å². The minimum Gasteiger partial charge on any atom is -0.379 e. The van der Waals surface area contributed by atoms with Crippen molar-refractivity contribution in [3.05, 3.63) is 35.6 Å². The molecule has 0 saturated carbocycles. The summed E-state index contributed by atoms with van der Waals surface area (Å²) >= 11 is 0. The summed E-state index contributed by atoms with van der Waals surface area (Å²) in [5.41, 5.74) is 1.08. The van der Waals surface area contributed by atoms with Crippen LogP contribution < -0.4 is 0 Å². The second-order valence-electron chi connectivity index (χ2n) is 3.56. The Morgan fingerprint density at radius 3 is 2.67 bits per heavy atom. The molecule has 12 heavy (non-hydrogen) atoms. The molecule has 1 heterocycles. The normalized spacial score (nSPS) is 20.2. The Morgan fingerprint density at radius 2 is 2.17 bits per heavy atom. The predicted octanol–water partition coefficient (Wildman–Crippen LogP) is 2.11. The van der Waals surface area contributed by atoms with Crippen LogP contribution >= 0.6 is 0 Å². The van der Waals surface area contributed by atoms with Crippen molar-refractivity contribution in [2.45, 2.75) is 12.3 Å². The van der Waals surface area contributed by atoms with E-state index in [-0.39, 0.29) is 11.2 Å². The maximum atomic E-state index is 12.8. The summed E-state index contributed by atoms with van der Waals surface area (Å²) in [6, 6.07) is 6.74. The molecule has 0 spiro atoms. The SMILES string of the molecule is CC1(c2cccc(F)c2)COC1. The van der Waals surface area contributed by atoms with Gasteiger partial charge in [-0.25, -0.2) is 4.39 Å². The Morgan fingerprint density at radius 1 is 1.42 bits per heavy atom. The minimum absolute atomic E-state index is 0.0437. The van der Waals surface area contributed by atoms with E-state index in [1.54, 1.807) is 12.1 Å². The van der Waals surface area contributed by atoms with Crippen LogP contribution in [-0.4, -0.2) is 13.2 Å². The number of benzene rings is 1. The lowest BCUT2D eigenvalue weighted by Crippen LogP contribution is -2.43. The largest absolute Gasteiger partial charge is 0.379 e. The quantitative estimate of drug-likeness (QED) is 0.621. The second-order valence-corrected chi connectivity index (χ2v) is 3.56. The van der Waals surface area contributed by atoms with Gasteiger partial charge in [-0.2, -0.15) is 0 Å². The highest BCUT2D eigenvalue weighted by atomic mass is 19.1. The molecule has 0 radical (unpaired) electrons. The van der Waals surface area contributed by atoms with Gasteiger partial charge in [-0.05, 0) is 17.7 Å². The number of ether oxygens (including phenoxy) is 1. The van der Waals surface area contributed by atoms with Gasteiger partial charge in [0.1, 0.15) is 5.82 Å². The van der Waals surface area contributed by atoms with Crippen molar-refractivity contribution < 1.29 is 9.13 Å². The topological polar surface area (TPSA) is 9.23 Å². The zero-order valence-corrected chi connectivity index (χ0v) is 7.01. The van der Waals surface area contributed by atoms with Gasteiger partial charge >= 0.3 is 0 Å². The molecule has 1 saturated heterocycles. The highest BCUT2D eigenvalue weighted by Gasteiger charge is 2.35. The summed E-state index contributed by atoms with van der Waals surface area (Å²) in [4.78, 5) is 0. The van der Waals surface area contributed by atoms with E-state index in [2.05, 4.69) is 6.92 Å². The average Bonchev–Trinajstić information content (AvgIpc) is 2.00. The molecule has 0 bridgehead atoms. The lowest BCUT2D eigenvalue weighted by atomic mass is 9.81. The fraction of sp³-hybridized carbons (Fsp3) is 0.400. The molecule has 1 aromatic rings. The van der Waals surface area contributed by atoms with Crippen LogP contribution in [0.25, 0.3) is 0 Å². The van der Waals surface area contributed by atoms with E-state index < -0.39 is 0 Å². The van der Waals surface area contributed by atoms with Crippen LogP contribution in [0.5, 0.6) is 0 Å². The fourth-order valence-electron chi connectivity index (χ4n) is 1.44. The van der Waals surface area contributed by atoms with Crippen LogP contribution in [0.1, 0.15) is 12.5 Å². The number of hydrogen-bond donors (Lipinski definition) is 0. The van der Waals surface area contributed by atoms with E-state index in [9.17, 15) is 4.39 Å². The summed E-state index contributed by atoms with van der Waals surface area (Å²) < 4.78 is 17.9. The third kappa shape index (κ3) is 1.12. The van der Waals surface area contributed by atoms with Gasteiger partial charge in [0.15, 0.2) is 0 Å². The van der Waals surface area contributed by atoms with Crippen LogP contribution in [0.3, 0.4) is 0 Å². The van der Waals surface area contributed by atoms with E-state index >= 15 is 0 Å². The molecular weight excluding hydrogens is 155 g/mol. The van der Waals surface area contributed by atoms with Crippen molar-refractivity contribution in [2.75, 3.05) is 13.2 Å². The highest BCUT2D eigenvalue weighted by molar-refractivity contribution is 5.27. The Bertz CT molecular complexity index is 292. The lowest BCUT2D eigenvalue weighted by molar-refractivity contribution is -0.0501. The van der Waals surface area contributed by atoms with Crippen molar-refractivity contribution in [2.24, 2.45) is 0 Å². The number of halogens is 1. The van der Waals surface area contributed by atoms with Crippen molar-refractivity contribution in [1.29, 1.82) is 0 Å². The Hall–Kier alpha value is -0.890. The van der Waals surface area contributed by atoms with Gasteiger partial charge in [-0.1, -0.05) is 19.1 Å². The molecule has 1 aromatic carbocycles. The van der Waals surface area contributed by atoms with E-state index in [4.69, 9.17) is 4.74 Å². The highest BCUT2D eigenvalue weighted by Crippen LogP contribution is 2.31. The third-order valence-corrected chi connectivity index (χ3v) is 2.36. The van der Waals surface area contributed by atoms with Crippen molar-refractivity contribution in [1.82, 2.24) is 0 Å². The molecule has 0 aromatic heterocycles. The van der Waals surface area contributed by atoms with Gasteiger partial charge < -0.3 is 4.74 Å². The van der Waals surface area contributed by atoms with Crippen LogP contribution in [0.2, 0.25) is 0 Å². The van der Waals surface area contributed by atoms with Gasteiger partial charge in [0.2, 0.25) is 0 Å². The van der Waals surface area contributed by atoms with E-state index in [1.807, 2.05) is 6.07 Å². The van der Waals surface area contributed by atoms with Gasteiger partial charge in [0, 0.05) is 5.41 Å². The summed E-state index contributed by atoms with van der Waals surface area (Å²) in [6.45, 7) is 3.50. The standard InChI is InChI=1S/C10H11FO/c1-10(6-12-7-10)8-3-2-4-9(11)5-8/h2-5H,6-7H2,1H3. The Kier molecular flexibility index (Phi) is 1.65. The molecule has 0 amide bonds. The minimum atomic E-state index is -0.166. The first kappa shape index (κ1) is 7.74. The molecule has 2 heteroatoms. The van der Waals surface area contributed by atoms with Crippen LogP contribution in [0.15, 0.2) is 24.3 Å². The second kappa shape index (κ2) is 2.56. The van der Waals surface area contributed by atoms with Crippen LogP contribution in [-0.2, 0) is 10.2 Å². The molecule has 0 aliphatic carbocycles. The monoisotopic (exact) mass is 166 g/mol. The molecule has 2 rings (SSSR count). The average molecular weight is 166 g/mol. The molecular formula is C10H11FO. The summed E-state index contributed by atoms with van der Waals surface area (Å²) in [5.74, 6) is -0.166. The summed E-state index contributed by atoms with van der Waals surface area (Å²) in [5, 5.41) is 0. The molecule has 64 valence electrons. The van der Waals surface area contributed by atoms with Gasteiger partial charge in [0.25, 0.3) is 0 Å². The van der Waals surface area contributed by atoms with Gasteiger partial charge in [-0.15, -0.1) is 0 Å². The molecule has 1 fully saturated rings. The molecule has 0 atom stereocenters. The Balaban J connectivity index is 2.33. The first-order valence-electron chi connectivity index (χ1n) is 4.04. The number of hydrogen-bond acceptors (Lipinski definition) is 1. The smallest absolute Gasteiger partial charge is 0.123 e. The molecule has 0 unspecified atom stereocenters. The van der Waals surface area contributed by atoms with E-state index in [0.29, 0.717) is 13.2 Å². The molecule has 1 nitrogen and oxygen atoms in total. The van der Waals surface area contributed by atoms with Crippen LogP contribution in [0.4, 0.5) is 4.39 Å². The Labute approximate surface area is 71.2 Å². The van der Waals surface area contributed by atoms with Crippen molar-refractivity contribution in [3.8, 4) is 0 Å². The first-order valence-corrected chi connectivity index (χ1v) is 4.04. The van der Waals surface area contributed by atoms with Crippen molar-refractivity contribution in [3.63, 3.8) is 0 Å². The summed E-state index contributed by atoms with van der Waals surface area (Å²) in [6.07, 6.45) is 0. The maximum absolute atomic E-state index is 12.8. The zero-order chi connectivity index (χ0) is 8.60. The number of rotatable bonds is 1. The lowest BCUT2D eigenvalue weighted by Gasteiger charge is -2.38. The summed E-state index contributed by atoms with van der Waals surface area (Å²) in [7, 11) is 0.